The number of carbonyl (C=O) groups excluding carboxylic acids is 1. The molecule has 2 atom stereocenters. The minimum Gasteiger partial charge on any atom is -0.481 e. The van der Waals surface area contributed by atoms with Gasteiger partial charge in [0.25, 0.3) is 0 Å². The van der Waals surface area contributed by atoms with Crippen molar-refractivity contribution in [2.75, 3.05) is 0 Å². The van der Waals surface area contributed by atoms with E-state index in [1.165, 1.54) is 0 Å². The van der Waals surface area contributed by atoms with E-state index in [1.807, 2.05) is 6.07 Å². The number of carboxylic acid groups (broad SMARTS) is 1. The molecule has 128 valence electrons. The van der Waals surface area contributed by atoms with Crippen molar-refractivity contribution in [2.24, 2.45) is 11.8 Å². The molecule has 23 heavy (non-hydrogen) atoms. The number of aromatic nitrogens is 1. The summed E-state index contributed by atoms with van der Waals surface area (Å²) in [5.74, 6) is -0.467. The number of aliphatic carboxylic acids is 1. The van der Waals surface area contributed by atoms with Crippen LogP contribution in [0.4, 0.5) is 0 Å². The Morgan fingerprint density at radius 2 is 2.04 bits per heavy atom. The molecule has 2 N–H and O–H groups in total. The lowest BCUT2D eigenvalue weighted by atomic mass is 9.81. The molecule has 1 aliphatic carbocycles. The first-order valence-corrected chi connectivity index (χ1v) is 8.51. The Morgan fingerprint density at radius 3 is 2.70 bits per heavy atom. The van der Waals surface area contributed by atoms with Crippen LogP contribution < -0.4 is 5.32 Å². The van der Waals surface area contributed by atoms with Gasteiger partial charge in [0.1, 0.15) is 0 Å². The summed E-state index contributed by atoms with van der Waals surface area (Å²) >= 11 is 0. The Kier molecular flexibility index (Phi) is 6.19. The molecule has 6 heteroatoms. The maximum Gasteiger partial charge on any atom is 0.306 e. The maximum absolute atomic E-state index is 12.2. The van der Waals surface area contributed by atoms with Crippen molar-refractivity contribution in [1.29, 1.82) is 0 Å². The fourth-order valence-electron chi connectivity index (χ4n) is 3.28. The average molecular weight is 322 g/mol. The SMILES string of the molecule is CCC(CC)c1cc(CNC(=O)C2CCCC(C(=O)O)C2)on1. The number of hydrogen-bond donors (Lipinski definition) is 2. The topological polar surface area (TPSA) is 92.4 Å². The number of rotatable bonds is 7. The van der Waals surface area contributed by atoms with Crippen molar-refractivity contribution in [3.63, 3.8) is 0 Å². The Balaban J connectivity index is 1.85. The molecule has 0 bridgehead atoms. The molecule has 1 fully saturated rings. The molecule has 1 saturated carbocycles. The van der Waals surface area contributed by atoms with Gasteiger partial charge < -0.3 is 14.9 Å². The second kappa shape index (κ2) is 8.13. The molecule has 1 heterocycles. The van der Waals surface area contributed by atoms with Gasteiger partial charge in [0, 0.05) is 17.9 Å². The van der Waals surface area contributed by atoms with E-state index < -0.39 is 11.9 Å². The standard InChI is InChI=1S/C17H26N2O4/c1-3-11(4-2)15-9-14(23-19-15)10-18-16(20)12-6-5-7-13(8-12)17(21)22/h9,11-13H,3-8,10H2,1-2H3,(H,18,20)(H,21,22). The quantitative estimate of drug-likeness (QED) is 0.804. The average Bonchev–Trinajstić information content (AvgIpc) is 3.02. The van der Waals surface area contributed by atoms with Crippen molar-refractivity contribution in [3.8, 4) is 0 Å². The van der Waals surface area contributed by atoms with Crippen LogP contribution in [0, 0.1) is 11.8 Å². The smallest absolute Gasteiger partial charge is 0.306 e. The Bertz CT molecular complexity index is 536. The van der Waals surface area contributed by atoms with Gasteiger partial charge in [-0.15, -0.1) is 0 Å². The van der Waals surface area contributed by atoms with Crippen LogP contribution in [0.1, 0.15) is 69.7 Å². The van der Waals surface area contributed by atoms with Gasteiger partial charge in [0.05, 0.1) is 18.2 Å². The van der Waals surface area contributed by atoms with Crippen molar-refractivity contribution >= 4 is 11.9 Å². The third-order valence-corrected chi connectivity index (χ3v) is 4.81. The molecule has 0 radical (unpaired) electrons. The van der Waals surface area contributed by atoms with E-state index in [4.69, 9.17) is 9.63 Å². The summed E-state index contributed by atoms with van der Waals surface area (Å²) in [5, 5.41) is 16.0. The van der Waals surface area contributed by atoms with Gasteiger partial charge in [0.15, 0.2) is 5.76 Å². The summed E-state index contributed by atoms with van der Waals surface area (Å²) < 4.78 is 5.29. The molecule has 0 saturated heterocycles. The molecule has 2 rings (SSSR count). The maximum atomic E-state index is 12.2. The zero-order valence-corrected chi connectivity index (χ0v) is 13.9. The zero-order chi connectivity index (χ0) is 16.8. The fraction of sp³-hybridized carbons (Fsp3) is 0.706. The summed E-state index contributed by atoms with van der Waals surface area (Å²) in [7, 11) is 0. The third kappa shape index (κ3) is 4.56. The van der Waals surface area contributed by atoms with Gasteiger partial charge in [-0.3, -0.25) is 9.59 Å². The highest BCUT2D eigenvalue weighted by Crippen LogP contribution is 2.29. The molecule has 0 aliphatic heterocycles. The highest BCUT2D eigenvalue weighted by atomic mass is 16.5. The van der Waals surface area contributed by atoms with Crippen LogP contribution in [0.15, 0.2) is 10.6 Å². The van der Waals surface area contributed by atoms with Crippen LogP contribution in [0.2, 0.25) is 0 Å². The fourth-order valence-corrected chi connectivity index (χ4v) is 3.28. The first-order valence-electron chi connectivity index (χ1n) is 8.51. The number of carbonyl (C=O) groups is 2. The predicted octanol–water partition coefficient (Wildman–Crippen LogP) is 3.09. The monoisotopic (exact) mass is 322 g/mol. The van der Waals surface area contributed by atoms with E-state index in [-0.39, 0.29) is 11.8 Å². The van der Waals surface area contributed by atoms with Crippen molar-refractivity contribution in [2.45, 2.75) is 64.8 Å². The van der Waals surface area contributed by atoms with Crippen LogP contribution in [-0.2, 0) is 16.1 Å². The van der Waals surface area contributed by atoms with Gasteiger partial charge in [-0.05, 0) is 32.1 Å². The lowest BCUT2D eigenvalue weighted by Crippen LogP contribution is -2.35. The molecule has 1 aromatic heterocycles. The molecular formula is C17H26N2O4. The molecule has 1 aromatic rings. The van der Waals surface area contributed by atoms with E-state index >= 15 is 0 Å². The normalized spacial score (nSPS) is 21.3. The van der Waals surface area contributed by atoms with E-state index in [0.717, 1.165) is 31.4 Å². The van der Waals surface area contributed by atoms with Crippen molar-refractivity contribution < 1.29 is 19.2 Å². The third-order valence-electron chi connectivity index (χ3n) is 4.81. The Hall–Kier alpha value is -1.85. The van der Waals surface area contributed by atoms with E-state index in [1.54, 1.807) is 0 Å². The van der Waals surface area contributed by atoms with Crippen LogP contribution in [0.5, 0.6) is 0 Å². The molecule has 0 aromatic carbocycles. The van der Waals surface area contributed by atoms with Crippen LogP contribution in [-0.4, -0.2) is 22.1 Å². The number of carboxylic acids is 1. The van der Waals surface area contributed by atoms with Crippen LogP contribution >= 0.6 is 0 Å². The molecule has 2 unspecified atom stereocenters. The number of amides is 1. The minimum absolute atomic E-state index is 0.0866. The van der Waals surface area contributed by atoms with Gasteiger partial charge in [-0.25, -0.2) is 0 Å². The molecule has 6 nitrogen and oxygen atoms in total. The lowest BCUT2D eigenvalue weighted by Gasteiger charge is -2.25. The Labute approximate surface area is 136 Å². The van der Waals surface area contributed by atoms with Crippen LogP contribution in [0.25, 0.3) is 0 Å². The van der Waals surface area contributed by atoms with Crippen molar-refractivity contribution in [1.82, 2.24) is 10.5 Å². The van der Waals surface area contributed by atoms with Gasteiger partial charge >= 0.3 is 5.97 Å². The molecule has 1 aliphatic rings. The van der Waals surface area contributed by atoms with E-state index in [0.29, 0.717) is 31.1 Å². The van der Waals surface area contributed by atoms with Gasteiger partial charge in [-0.2, -0.15) is 0 Å². The summed E-state index contributed by atoms with van der Waals surface area (Å²) in [6, 6.07) is 1.90. The highest BCUT2D eigenvalue weighted by molar-refractivity contribution is 5.80. The largest absolute Gasteiger partial charge is 0.481 e. The van der Waals surface area contributed by atoms with Gasteiger partial charge in [0.2, 0.25) is 5.91 Å². The predicted molar refractivity (Wildman–Crippen MR) is 84.8 cm³/mol. The Morgan fingerprint density at radius 1 is 1.35 bits per heavy atom. The minimum atomic E-state index is -0.799. The molecule has 0 spiro atoms. The zero-order valence-electron chi connectivity index (χ0n) is 13.9. The second-order valence-corrected chi connectivity index (χ2v) is 6.35. The summed E-state index contributed by atoms with van der Waals surface area (Å²) in [6.45, 7) is 4.54. The van der Waals surface area contributed by atoms with Crippen LogP contribution in [0.3, 0.4) is 0 Å². The van der Waals surface area contributed by atoms with E-state index in [2.05, 4.69) is 24.3 Å². The van der Waals surface area contributed by atoms with E-state index in [9.17, 15) is 9.59 Å². The first-order chi connectivity index (χ1) is 11.0. The highest BCUT2D eigenvalue weighted by Gasteiger charge is 2.31. The summed E-state index contributed by atoms with van der Waals surface area (Å²) in [5.41, 5.74) is 0.933. The van der Waals surface area contributed by atoms with Gasteiger partial charge in [-0.1, -0.05) is 25.4 Å². The molecule has 1 amide bonds. The second-order valence-electron chi connectivity index (χ2n) is 6.35. The lowest BCUT2D eigenvalue weighted by molar-refractivity contribution is -0.144. The molecular weight excluding hydrogens is 296 g/mol. The number of hydrogen-bond acceptors (Lipinski definition) is 4. The summed E-state index contributed by atoms with van der Waals surface area (Å²) in [4.78, 5) is 23.3. The van der Waals surface area contributed by atoms with Crippen molar-refractivity contribution in [3.05, 3.63) is 17.5 Å². The first kappa shape index (κ1) is 17.5. The number of nitrogens with zero attached hydrogens (tertiary/aromatic N) is 1. The number of nitrogens with one attached hydrogen (secondary N) is 1. The summed E-state index contributed by atoms with van der Waals surface area (Å²) in [6.07, 6.45) is 4.65.